The average Bonchev–Trinajstić information content (AvgIpc) is 1.84. The molecule has 0 rings (SSSR count). The molecule has 0 amide bonds. The Hall–Kier alpha value is -0.640. The lowest BCUT2D eigenvalue weighted by molar-refractivity contribution is -0.170. The minimum absolute atomic E-state index is 0.723. The van der Waals surface area contributed by atoms with Gasteiger partial charge in [0.05, 0.1) is 6.61 Å². The molecule has 0 bridgehead atoms. The van der Waals surface area contributed by atoms with Crippen LogP contribution in [0.2, 0.25) is 0 Å². The van der Waals surface area contributed by atoms with Gasteiger partial charge in [0, 0.05) is 0 Å². The molecule has 0 fully saturated rings. The monoisotopic (exact) mass is 178 g/mol. The fourth-order valence-electron chi connectivity index (χ4n) is 0.449. The van der Waals surface area contributed by atoms with E-state index in [-0.39, 0.29) is 0 Å². The second kappa shape index (κ2) is 3.39. The third-order valence-corrected chi connectivity index (χ3v) is 1.12. The number of alkyl halides is 1. The summed E-state index contributed by atoms with van der Waals surface area (Å²) in [5, 5.41) is 8.49. The van der Waals surface area contributed by atoms with Crippen LogP contribution in [0.1, 0.15) is 27.7 Å². The highest BCUT2D eigenvalue weighted by Crippen LogP contribution is 2.16. The Balaban J connectivity index is 4.23. The van der Waals surface area contributed by atoms with Gasteiger partial charge in [0.25, 0.3) is 0 Å². The second-order valence-electron chi connectivity index (χ2n) is 3.86. The van der Waals surface area contributed by atoms with Crippen LogP contribution < -0.4 is 0 Å². The summed E-state index contributed by atoms with van der Waals surface area (Å²) in [6.07, 6.45) is 0. The summed E-state index contributed by atoms with van der Waals surface area (Å²) in [5.74, 6) is -1.03. The van der Waals surface area contributed by atoms with Gasteiger partial charge in [0.1, 0.15) is 5.60 Å². The molecule has 1 N–H and O–H groups in total. The third-order valence-electron chi connectivity index (χ3n) is 1.12. The van der Waals surface area contributed by atoms with E-state index >= 15 is 0 Å². The number of hydrogen-bond donors (Lipinski definition) is 1. The Kier molecular flexibility index (Phi) is 3.21. The van der Waals surface area contributed by atoms with Crippen molar-refractivity contribution in [2.24, 2.45) is 0 Å². The van der Waals surface area contributed by atoms with Crippen molar-refractivity contribution in [3.05, 3.63) is 0 Å². The predicted octanol–water partition coefficient (Wildman–Crippen LogP) is 1.05. The highest BCUT2D eigenvalue weighted by atomic mass is 19.1. The molecule has 1 atom stereocenters. The van der Waals surface area contributed by atoms with Crippen molar-refractivity contribution in [3.63, 3.8) is 0 Å². The van der Waals surface area contributed by atoms with Gasteiger partial charge < -0.3 is 9.84 Å². The van der Waals surface area contributed by atoms with Gasteiger partial charge in [0.2, 0.25) is 5.67 Å². The molecule has 12 heavy (non-hydrogen) atoms. The number of rotatable bonds is 2. The molecule has 0 aliphatic rings. The Morgan fingerprint density at radius 1 is 1.42 bits per heavy atom. The van der Waals surface area contributed by atoms with E-state index < -0.39 is 23.8 Å². The van der Waals surface area contributed by atoms with Crippen molar-refractivity contribution >= 4 is 5.97 Å². The van der Waals surface area contributed by atoms with Gasteiger partial charge in [-0.15, -0.1) is 0 Å². The topological polar surface area (TPSA) is 46.5 Å². The van der Waals surface area contributed by atoms with E-state index in [0.29, 0.717) is 0 Å². The maximum atomic E-state index is 13.0. The maximum absolute atomic E-state index is 13.0. The van der Waals surface area contributed by atoms with Crippen LogP contribution in [0.3, 0.4) is 0 Å². The van der Waals surface area contributed by atoms with Crippen LogP contribution in [-0.4, -0.2) is 29.0 Å². The standard InChI is InChI=1S/C8H15FO3/c1-7(2,3)12-6(11)8(4,9)5-10/h10H,5H2,1-4H3/t8-/m0/s1. The molecule has 0 spiro atoms. The number of halogens is 1. The molecule has 0 saturated heterocycles. The number of aliphatic hydroxyl groups is 1. The van der Waals surface area contributed by atoms with E-state index in [0.717, 1.165) is 6.92 Å². The van der Waals surface area contributed by atoms with Crippen LogP contribution in [0, 0.1) is 0 Å². The molecular formula is C8H15FO3. The lowest BCUT2D eigenvalue weighted by Crippen LogP contribution is -2.40. The van der Waals surface area contributed by atoms with E-state index in [9.17, 15) is 9.18 Å². The molecule has 4 heteroatoms. The lowest BCUT2D eigenvalue weighted by atomic mass is 10.1. The van der Waals surface area contributed by atoms with Crippen molar-refractivity contribution in [1.82, 2.24) is 0 Å². The molecular weight excluding hydrogens is 163 g/mol. The smallest absolute Gasteiger partial charge is 0.346 e. The van der Waals surface area contributed by atoms with E-state index in [4.69, 9.17) is 9.84 Å². The number of hydrogen-bond acceptors (Lipinski definition) is 3. The minimum atomic E-state index is -2.30. The Morgan fingerprint density at radius 3 is 2.08 bits per heavy atom. The largest absolute Gasteiger partial charge is 0.458 e. The third kappa shape index (κ3) is 3.67. The fraction of sp³-hybridized carbons (Fsp3) is 0.875. The van der Waals surface area contributed by atoms with Crippen LogP contribution in [0.5, 0.6) is 0 Å². The minimum Gasteiger partial charge on any atom is -0.458 e. The van der Waals surface area contributed by atoms with Crippen LogP contribution in [0.25, 0.3) is 0 Å². The quantitative estimate of drug-likeness (QED) is 0.643. The molecule has 0 aromatic carbocycles. The van der Waals surface area contributed by atoms with Crippen LogP contribution in [-0.2, 0) is 9.53 Å². The zero-order chi connectivity index (χ0) is 9.99. The average molecular weight is 178 g/mol. The van der Waals surface area contributed by atoms with E-state index in [1.807, 2.05) is 0 Å². The second-order valence-corrected chi connectivity index (χ2v) is 3.86. The number of ether oxygens (including phenoxy) is 1. The molecule has 3 nitrogen and oxygen atoms in total. The van der Waals surface area contributed by atoms with Crippen molar-refractivity contribution in [3.8, 4) is 0 Å². The summed E-state index contributed by atoms with van der Waals surface area (Å²) in [6.45, 7) is 5.04. The molecule has 0 unspecified atom stereocenters. The first-order chi connectivity index (χ1) is 5.19. The first-order valence-corrected chi connectivity index (χ1v) is 3.72. The Bertz CT molecular complexity index is 170. The highest BCUT2D eigenvalue weighted by Gasteiger charge is 2.36. The summed E-state index contributed by atoms with van der Waals surface area (Å²) < 4.78 is 17.7. The molecule has 0 radical (unpaired) electrons. The molecule has 0 aliphatic carbocycles. The van der Waals surface area contributed by atoms with E-state index in [1.54, 1.807) is 20.8 Å². The molecule has 0 aliphatic heterocycles. The molecule has 0 saturated carbocycles. The number of aliphatic hydroxyl groups excluding tert-OH is 1. The van der Waals surface area contributed by atoms with Gasteiger partial charge in [-0.2, -0.15) is 0 Å². The first kappa shape index (κ1) is 11.4. The Labute approximate surface area is 71.5 Å². The first-order valence-electron chi connectivity index (χ1n) is 3.72. The number of carbonyl (C=O) groups excluding carboxylic acids is 1. The van der Waals surface area contributed by atoms with Crippen LogP contribution in [0.15, 0.2) is 0 Å². The van der Waals surface area contributed by atoms with Crippen molar-refractivity contribution in [1.29, 1.82) is 0 Å². The van der Waals surface area contributed by atoms with Gasteiger partial charge in [-0.25, -0.2) is 9.18 Å². The molecule has 0 aromatic rings. The van der Waals surface area contributed by atoms with Gasteiger partial charge in [0.15, 0.2) is 0 Å². The summed E-state index contributed by atoms with van der Waals surface area (Å²) >= 11 is 0. The van der Waals surface area contributed by atoms with Crippen molar-refractivity contribution in [2.75, 3.05) is 6.61 Å². The summed E-state index contributed by atoms with van der Waals surface area (Å²) in [4.78, 5) is 11.0. The van der Waals surface area contributed by atoms with Crippen LogP contribution in [0.4, 0.5) is 4.39 Å². The van der Waals surface area contributed by atoms with Gasteiger partial charge >= 0.3 is 5.97 Å². The zero-order valence-electron chi connectivity index (χ0n) is 7.85. The summed E-state index contributed by atoms with van der Waals surface area (Å²) in [5.41, 5.74) is -3.02. The van der Waals surface area contributed by atoms with E-state index in [2.05, 4.69) is 0 Å². The highest BCUT2D eigenvalue weighted by molar-refractivity contribution is 5.79. The lowest BCUT2D eigenvalue weighted by Gasteiger charge is -2.24. The Morgan fingerprint density at radius 2 is 1.83 bits per heavy atom. The summed E-state index contributed by atoms with van der Waals surface area (Å²) in [7, 11) is 0. The van der Waals surface area contributed by atoms with E-state index in [1.165, 1.54) is 0 Å². The fourth-order valence-corrected chi connectivity index (χ4v) is 0.449. The predicted molar refractivity (Wildman–Crippen MR) is 42.4 cm³/mol. The maximum Gasteiger partial charge on any atom is 0.346 e. The zero-order valence-corrected chi connectivity index (χ0v) is 7.85. The SMILES string of the molecule is CC(C)(C)OC(=O)[C@@](C)(F)CO. The van der Waals surface area contributed by atoms with Gasteiger partial charge in [-0.1, -0.05) is 0 Å². The molecule has 0 heterocycles. The van der Waals surface area contributed by atoms with Crippen molar-refractivity contribution in [2.45, 2.75) is 39.0 Å². The molecule has 72 valence electrons. The van der Waals surface area contributed by atoms with Gasteiger partial charge in [-0.05, 0) is 27.7 Å². The van der Waals surface area contributed by atoms with Gasteiger partial charge in [-0.3, -0.25) is 0 Å². The van der Waals surface area contributed by atoms with Crippen molar-refractivity contribution < 1.29 is 19.0 Å². The van der Waals surface area contributed by atoms with Crippen LogP contribution >= 0.6 is 0 Å². The normalized spacial score (nSPS) is 16.8. The summed E-state index contributed by atoms with van der Waals surface area (Å²) in [6, 6.07) is 0. The number of esters is 1. The molecule has 0 aromatic heterocycles. The number of carbonyl (C=O) groups is 1.